The summed E-state index contributed by atoms with van der Waals surface area (Å²) in [5.74, 6) is 0. The van der Waals surface area contributed by atoms with E-state index in [0.717, 1.165) is 6.29 Å². The van der Waals surface area contributed by atoms with E-state index in [1.165, 1.54) is 21.0 Å². The summed E-state index contributed by atoms with van der Waals surface area (Å²) in [5.41, 5.74) is 0. The summed E-state index contributed by atoms with van der Waals surface area (Å²) in [6, 6.07) is 0. The first-order chi connectivity index (χ1) is 3.15. The highest BCUT2D eigenvalue weighted by molar-refractivity contribution is 5.44. The van der Waals surface area contributed by atoms with E-state index in [9.17, 15) is 5.21 Å². The Labute approximate surface area is 43.5 Å². The van der Waals surface area contributed by atoms with E-state index < -0.39 is 0 Å². The van der Waals surface area contributed by atoms with E-state index in [0.29, 0.717) is 0 Å². The summed E-state index contributed by atoms with van der Waals surface area (Å²) in [4.78, 5) is 8.81. The Hall–Kier alpha value is -0.410. The number of quaternary nitrogens is 1. The fourth-order valence-electron chi connectivity index (χ4n) is 0. The van der Waals surface area contributed by atoms with Crippen LogP contribution in [-0.2, 0) is 4.79 Å². The fourth-order valence-corrected chi connectivity index (χ4v) is 0. The van der Waals surface area contributed by atoms with Gasteiger partial charge in [-0.3, -0.25) is 0 Å². The maximum absolute atomic E-state index is 9.44. The van der Waals surface area contributed by atoms with Crippen molar-refractivity contribution in [1.29, 1.82) is 0 Å². The van der Waals surface area contributed by atoms with Crippen LogP contribution in [0.5, 0.6) is 0 Å². The molecule has 0 aromatic carbocycles. The highest BCUT2D eigenvalue weighted by atomic mass is 16.5. The quantitative estimate of drug-likeness (QED) is 0.312. The van der Waals surface area contributed by atoms with Gasteiger partial charge in [0.1, 0.15) is 6.29 Å². The summed E-state index contributed by atoms with van der Waals surface area (Å²) in [7, 11) is 3.06. The summed E-state index contributed by atoms with van der Waals surface area (Å²) in [5, 5.41) is 9.61. The first-order valence-electron chi connectivity index (χ1n) is 2.02. The minimum Gasteiger partial charge on any atom is -0.635 e. The zero-order valence-corrected chi connectivity index (χ0v) is 4.89. The van der Waals surface area contributed by atoms with Gasteiger partial charge in [0.25, 0.3) is 0 Å². The molecule has 1 N–H and O–H groups in total. The Morgan fingerprint density at radius 3 is 1.57 bits per heavy atom. The molecule has 0 atom stereocenters. The summed E-state index contributed by atoms with van der Waals surface area (Å²) in [6.45, 7) is 1.44. The standard InChI is InChI=1S/C2H7NO.C2H4O/c1-3(2)4;1-2-3/h3H,1-2H3;2H,1H3. The van der Waals surface area contributed by atoms with Crippen LogP contribution in [0.25, 0.3) is 0 Å². The van der Waals surface area contributed by atoms with Gasteiger partial charge in [-0.1, -0.05) is 0 Å². The Kier molecular flexibility index (Phi) is 12.8. The van der Waals surface area contributed by atoms with Crippen molar-refractivity contribution in [2.75, 3.05) is 14.1 Å². The smallest absolute Gasteiger partial charge is 0.116 e. The van der Waals surface area contributed by atoms with Gasteiger partial charge < -0.3 is 15.1 Å². The molecule has 0 saturated heterocycles. The minimum atomic E-state index is 0.167. The van der Waals surface area contributed by atoms with Gasteiger partial charge in [0.2, 0.25) is 0 Å². The average Bonchev–Trinajstić information content (AvgIpc) is 1.33. The predicted molar refractivity (Wildman–Crippen MR) is 27.9 cm³/mol. The maximum atomic E-state index is 9.44. The van der Waals surface area contributed by atoms with Gasteiger partial charge in [-0.15, -0.1) is 0 Å². The molecule has 0 heterocycles. The van der Waals surface area contributed by atoms with Crippen molar-refractivity contribution in [2.45, 2.75) is 6.92 Å². The van der Waals surface area contributed by atoms with Gasteiger partial charge in [0, 0.05) is 0 Å². The highest BCUT2D eigenvalue weighted by Crippen LogP contribution is 1.13. The predicted octanol–water partition coefficient (Wildman–Crippen LogP) is -1.17. The van der Waals surface area contributed by atoms with Crippen molar-refractivity contribution in [3.05, 3.63) is 5.21 Å². The van der Waals surface area contributed by atoms with Crippen molar-refractivity contribution in [3.63, 3.8) is 0 Å². The zero-order valence-electron chi connectivity index (χ0n) is 4.89. The van der Waals surface area contributed by atoms with Crippen molar-refractivity contribution in [3.8, 4) is 0 Å². The molecule has 0 aliphatic carbocycles. The van der Waals surface area contributed by atoms with Gasteiger partial charge >= 0.3 is 0 Å². The summed E-state index contributed by atoms with van der Waals surface area (Å²) in [6.07, 6.45) is 0.750. The normalized spacial score (nSPS) is 7.00. The largest absolute Gasteiger partial charge is 0.635 e. The van der Waals surface area contributed by atoms with E-state index in [-0.39, 0.29) is 5.06 Å². The van der Waals surface area contributed by atoms with Crippen LogP contribution in [0, 0.1) is 5.21 Å². The molecule has 0 aromatic heterocycles. The molecule has 0 aliphatic heterocycles. The summed E-state index contributed by atoms with van der Waals surface area (Å²) < 4.78 is 0. The van der Waals surface area contributed by atoms with Crippen LogP contribution in [0.2, 0.25) is 0 Å². The topological polar surface area (TPSA) is 44.6 Å². The lowest BCUT2D eigenvalue weighted by Gasteiger charge is -2.04. The average molecular weight is 105 g/mol. The van der Waals surface area contributed by atoms with E-state index in [2.05, 4.69) is 0 Å². The van der Waals surface area contributed by atoms with Crippen LogP contribution >= 0.6 is 0 Å². The van der Waals surface area contributed by atoms with Gasteiger partial charge in [-0.25, -0.2) is 0 Å². The molecule has 0 rings (SSSR count). The molecule has 0 radical (unpaired) electrons. The third-order valence-corrected chi connectivity index (χ3v) is 0. The molecule has 44 valence electrons. The van der Waals surface area contributed by atoms with Crippen LogP contribution in [-0.4, -0.2) is 20.4 Å². The number of aldehydes is 1. The van der Waals surface area contributed by atoms with Crippen LogP contribution in [0.4, 0.5) is 0 Å². The van der Waals surface area contributed by atoms with Crippen molar-refractivity contribution in [1.82, 2.24) is 0 Å². The van der Waals surface area contributed by atoms with Crippen molar-refractivity contribution >= 4 is 6.29 Å². The van der Waals surface area contributed by atoms with Crippen LogP contribution in [0.1, 0.15) is 6.92 Å². The Morgan fingerprint density at radius 1 is 1.57 bits per heavy atom. The van der Waals surface area contributed by atoms with Gasteiger partial charge in [-0.05, 0) is 6.92 Å². The van der Waals surface area contributed by atoms with Crippen molar-refractivity contribution < 1.29 is 9.86 Å². The molecule has 0 spiro atoms. The van der Waals surface area contributed by atoms with Crippen LogP contribution in [0.3, 0.4) is 0 Å². The Balaban J connectivity index is 0. The second-order valence-corrected chi connectivity index (χ2v) is 1.14. The summed E-state index contributed by atoms with van der Waals surface area (Å²) >= 11 is 0. The Bertz CT molecular complexity index is 33.9. The van der Waals surface area contributed by atoms with Gasteiger partial charge in [0.15, 0.2) is 0 Å². The van der Waals surface area contributed by atoms with E-state index >= 15 is 0 Å². The van der Waals surface area contributed by atoms with E-state index in [4.69, 9.17) is 4.79 Å². The molecule has 0 amide bonds. The molecule has 3 heteroatoms. The number of carbonyl (C=O) groups excluding carboxylic acids is 1. The highest BCUT2D eigenvalue weighted by Gasteiger charge is 1.49. The van der Waals surface area contributed by atoms with Gasteiger partial charge in [-0.2, -0.15) is 0 Å². The lowest BCUT2D eigenvalue weighted by molar-refractivity contribution is -0.802. The zero-order chi connectivity index (χ0) is 6.28. The maximum Gasteiger partial charge on any atom is 0.116 e. The first-order valence-corrected chi connectivity index (χ1v) is 2.02. The third kappa shape index (κ3) is 429. The fraction of sp³-hybridized carbons (Fsp3) is 0.750. The second-order valence-electron chi connectivity index (χ2n) is 1.14. The van der Waals surface area contributed by atoms with E-state index in [1.54, 1.807) is 0 Å². The minimum absolute atomic E-state index is 0.167. The third-order valence-electron chi connectivity index (χ3n) is 0. The molecular formula is C4H11NO2. The lowest BCUT2D eigenvalue weighted by Crippen LogP contribution is -3.00. The molecule has 0 fully saturated rings. The molecule has 0 aromatic rings. The monoisotopic (exact) mass is 105 g/mol. The molecule has 7 heavy (non-hydrogen) atoms. The van der Waals surface area contributed by atoms with Crippen LogP contribution in [0.15, 0.2) is 0 Å². The SMILES string of the molecule is CC=O.C[NH+](C)[O-]. The molecule has 0 unspecified atom stereocenters. The van der Waals surface area contributed by atoms with Crippen LogP contribution < -0.4 is 5.06 Å². The molecular weight excluding hydrogens is 94.0 g/mol. The molecule has 0 saturated carbocycles. The number of nitrogens with one attached hydrogen (secondary N) is 1. The number of hydrogen-bond donors (Lipinski definition) is 1. The van der Waals surface area contributed by atoms with E-state index in [1.807, 2.05) is 0 Å². The first kappa shape index (κ1) is 9.77. The number of hydroxylamine groups is 2. The number of hydrogen-bond acceptors (Lipinski definition) is 2. The lowest BCUT2D eigenvalue weighted by atomic mass is 11.0. The number of rotatable bonds is 0. The number of carbonyl (C=O) groups is 1. The second kappa shape index (κ2) is 9.14. The van der Waals surface area contributed by atoms with Gasteiger partial charge in [0.05, 0.1) is 14.1 Å². The Morgan fingerprint density at radius 2 is 1.57 bits per heavy atom. The molecule has 0 aliphatic rings. The van der Waals surface area contributed by atoms with Crippen molar-refractivity contribution in [2.24, 2.45) is 0 Å². The molecule has 3 nitrogen and oxygen atoms in total. The molecule has 0 bridgehead atoms.